The van der Waals surface area contributed by atoms with Gasteiger partial charge in [0.05, 0.1) is 31.9 Å². The van der Waals surface area contributed by atoms with Gasteiger partial charge in [-0.3, -0.25) is 14.5 Å². The number of rotatable bonds is 4. The van der Waals surface area contributed by atoms with Crippen molar-refractivity contribution in [2.75, 3.05) is 38.3 Å². The number of methoxy groups -OCH3 is 1. The molecule has 0 bridgehead atoms. The molecule has 2 aliphatic heterocycles. The fraction of sp³-hybridized carbons (Fsp3) is 0.524. The predicted octanol–water partition coefficient (Wildman–Crippen LogP) is 1.17. The van der Waals surface area contributed by atoms with Gasteiger partial charge < -0.3 is 14.4 Å². The number of ether oxygens (including phenoxy) is 2. The molecule has 6 nitrogen and oxygen atoms in total. The van der Waals surface area contributed by atoms with Gasteiger partial charge in [-0.25, -0.2) is 0 Å². The summed E-state index contributed by atoms with van der Waals surface area (Å²) in [4.78, 5) is 28.7. The van der Waals surface area contributed by atoms with Gasteiger partial charge in [0.25, 0.3) is 0 Å². The van der Waals surface area contributed by atoms with Gasteiger partial charge in [0.1, 0.15) is 24.5 Å². The highest BCUT2D eigenvalue weighted by Gasteiger charge is 2.47. The molecular formula is C21H27N2O4+. The number of morpholine rings is 1. The minimum Gasteiger partial charge on any atom is -0.497 e. The molecule has 1 N–H and O–H groups in total. The molecule has 6 heteroatoms. The van der Waals surface area contributed by atoms with Gasteiger partial charge in [-0.05, 0) is 49.6 Å². The number of nitrogens with zero attached hydrogens (tertiary/aromatic N) is 1. The zero-order chi connectivity index (χ0) is 18.8. The molecule has 1 aromatic rings. The molecule has 2 amide bonds. The summed E-state index contributed by atoms with van der Waals surface area (Å²) in [6.45, 7) is 3.41. The van der Waals surface area contributed by atoms with Crippen LogP contribution in [0, 0.1) is 11.8 Å². The van der Waals surface area contributed by atoms with Gasteiger partial charge in [0.15, 0.2) is 0 Å². The number of carbonyl (C=O) groups is 2. The zero-order valence-electron chi connectivity index (χ0n) is 15.8. The van der Waals surface area contributed by atoms with Crippen LogP contribution in [0.5, 0.6) is 5.75 Å². The summed E-state index contributed by atoms with van der Waals surface area (Å²) in [7, 11) is 1.60. The maximum Gasteiger partial charge on any atom is 0.238 e. The minimum absolute atomic E-state index is 0.0596. The van der Waals surface area contributed by atoms with E-state index in [4.69, 9.17) is 9.47 Å². The third kappa shape index (κ3) is 3.51. The second-order valence-corrected chi connectivity index (χ2v) is 7.49. The fourth-order valence-electron chi connectivity index (χ4n) is 4.61. The number of quaternary nitrogens is 1. The van der Waals surface area contributed by atoms with Crippen molar-refractivity contribution >= 4 is 17.5 Å². The Hall–Kier alpha value is -2.18. The SMILES string of the molecule is COc1ccc(N2C(=O)C[C@@H]([C@@H]3CCCC=C3[NH+]3CCOCC3)C2=O)cc1. The van der Waals surface area contributed by atoms with Crippen LogP contribution < -0.4 is 14.5 Å². The molecular weight excluding hydrogens is 344 g/mol. The number of allylic oxidation sites excluding steroid dienone is 2. The van der Waals surface area contributed by atoms with Crippen molar-refractivity contribution < 1.29 is 24.0 Å². The van der Waals surface area contributed by atoms with Crippen molar-refractivity contribution in [2.45, 2.75) is 25.7 Å². The molecule has 0 spiro atoms. The molecule has 2 fully saturated rings. The van der Waals surface area contributed by atoms with Crippen LogP contribution in [0.25, 0.3) is 0 Å². The standard InChI is InChI=1S/C21H26N2O4/c1-26-16-8-6-15(7-9-16)23-20(24)14-18(21(23)25)17-4-2-3-5-19(17)22-10-12-27-13-11-22/h5-9,17-18H,2-4,10-14H2,1H3/p+1/t17-,18-/m0/s1. The van der Waals surface area contributed by atoms with Crippen LogP contribution in [-0.2, 0) is 14.3 Å². The van der Waals surface area contributed by atoms with Gasteiger partial charge in [0.2, 0.25) is 11.8 Å². The molecule has 2 saturated heterocycles. The Kier molecular flexibility index (Phi) is 5.27. The summed E-state index contributed by atoms with van der Waals surface area (Å²) in [6, 6.07) is 7.13. The van der Waals surface area contributed by atoms with E-state index in [-0.39, 0.29) is 23.7 Å². The molecule has 2 heterocycles. The van der Waals surface area contributed by atoms with Crippen LogP contribution in [-0.4, -0.2) is 45.2 Å². The van der Waals surface area contributed by atoms with Crippen LogP contribution in [0.1, 0.15) is 25.7 Å². The molecule has 0 radical (unpaired) electrons. The lowest BCUT2D eigenvalue weighted by Gasteiger charge is -2.34. The van der Waals surface area contributed by atoms with E-state index >= 15 is 0 Å². The third-order valence-corrected chi connectivity index (χ3v) is 5.99. The minimum atomic E-state index is -0.249. The topological polar surface area (TPSA) is 60.3 Å². The number of hydrogen-bond acceptors (Lipinski definition) is 4. The Morgan fingerprint density at radius 3 is 2.56 bits per heavy atom. The van der Waals surface area contributed by atoms with Crippen molar-refractivity contribution in [1.29, 1.82) is 0 Å². The van der Waals surface area contributed by atoms with E-state index in [0.29, 0.717) is 17.9 Å². The smallest absolute Gasteiger partial charge is 0.238 e. The van der Waals surface area contributed by atoms with Crippen LogP contribution in [0.4, 0.5) is 5.69 Å². The monoisotopic (exact) mass is 371 g/mol. The highest BCUT2D eigenvalue weighted by Crippen LogP contribution is 2.37. The maximum atomic E-state index is 13.2. The normalized spacial score (nSPS) is 27.0. The first-order chi connectivity index (χ1) is 13.2. The van der Waals surface area contributed by atoms with Crippen LogP contribution in [0.3, 0.4) is 0 Å². The number of carbonyl (C=O) groups excluding carboxylic acids is 2. The quantitative estimate of drug-likeness (QED) is 0.808. The summed E-state index contributed by atoms with van der Waals surface area (Å²) in [5, 5.41) is 0. The van der Waals surface area contributed by atoms with Crippen molar-refractivity contribution in [3.8, 4) is 5.75 Å². The molecule has 0 saturated carbocycles. The fourth-order valence-corrected chi connectivity index (χ4v) is 4.61. The Morgan fingerprint density at radius 2 is 1.85 bits per heavy atom. The van der Waals surface area contributed by atoms with Crippen molar-refractivity contribution in [1.82, 2.24) is 0 Å². The summed E-state index contributed by atoms with van der Waals surface area (Å²) in [5.41, 5.74) is 1.96. The van der Waals surface area contributed by atoms with Crippen LogP contribution in [0.2, 0.25) is 0 Å². The van der Waals surface area contributed by atoms with E-state index in [2.05, 4.69) is 6.08 Å². The third-order valence-electron chi connectivity index (χ3n) is 5.99. The van der Waals surface area contributed by atoms with Crippen LogP contribution >= 0.6 is 0 Å². The van der Waals surface area contributed by atoms with E-state index in [1.807, 2.05) is 0 Å². The van der Waals surface area contributed by atoms with Gasteiger partial charge >= 0.3 is 0 Å². The average molecular weight is 371 g/mol. The molecule has 2 atom stereocenters. The Labute approximate surface area is 159 Å². The molecule has 1 aliphatic carbocycles. The number of hydrogen-bond donors (Lipinski definition) is 1. The van der Waals surface area contributed by atoms with Gasteiger partial charge in [-0.15, -0.1) is 0 Å². The summed E-state index contributed by atoms with van der Waals surface area (Å²) < 4.78 is 10.7. The number of benzene rings is 1. The first-order valence-electron chi connectivity index (χ1n) is 9.82. The molecule has 4 rings (SSSR count). The number of imide groups is 1. The van der Waals surface area contributed by atoms with Crippen molar-refractivity contribution in [2.24, 2.45) is 11.8 Å². The van der Waals surface area contributed by atoms with Crippen molar-refractivity contribution in [3.05, 3.63) is 36.0 Å². The van der Waals surface area contributed by atoms with Gasteiger partial charge in [0, 0.05) is 12.3 Å². The number of nitrogens with one attached hydrogen (secondary N) is 1. The molecule has 144 valence electrons. The Bertz CT molecular complexity index is 737. The molecule has 27 heavy (non-hydrogen) atoms. The van der Waals surface area contributed by atoms with E-state index in [0.717, 1.165) is 45.6 Å². The highest BCUT2D eigenvalue weighted by atomic mass is 16.5. The second-order valence-electron chi connectivity index (χ2n) is 7.49. The Morgan fingerprint density at radius 1 is 1.11 bits per heavy atom. The summed E-state index contributed by atoms with van der Waals surface area (Å²) in [5.74, 6) is 0.462. The number of anilines is 1. The largest absolute Gasteiger partial charge is 0.497 e. The molecule has 3 aliphatic rings. The second kappa shape index (κ2) is 7.82. The first-order valence-corrected chi connectivity index (χ1v) is 9.82. The summed E-state index contributed by atoms with van der Waals surface area (Å²) in [6.07, 6.45) is 5.74. The zero-order valence-corrected chi connectivity index (χ0v) is 15.8. The first kappa shape index (κ1) is 18.2. The lowest BCUT2D eigenvalue weighted by atomic mass is 9.80. The molecule has 1 aromatic carbocycles. The molecule has 0 unspecified atom stereocenters. The van der Waals surface area contributed by atoms with E-state index < -0.39 is 0 Å². The molecule has 0 aromatic heterocycles. The van der Waals surface area contributed by atoms with E-state index in [1.165, 1.54) is 15.5 Å². The van der Waals surface area contributed by atoms with E-state index in [1.54, 1.807) is 31.4 Å². The predicted molar refractivity (Wildman–Crippen MR) is 101 cm³/mol. The maximum absolute atomic E-state index is 13.2. The van der Waals surface area contributed by atoms with Crippen molar-refractivity contribution in [3.63, 3.8) is 0 Å². The average Bonchev–Trinajstić information content (AvgIpc) is 3.02. The van der Waals surface area contributed by atoms with E-state index in [9.17, 15) is 9.59 Å². The lowest BCUT2D eigenvalue weighted by Crippen LogP contribution is -3.13. The summed E-state index contributed by atoms with van der Waals surface area (Å²) >= 11 is 0. The van der Waals surface area contributed by atoms with Gasteiger partial charge in [-0.2, -0.15) is 0 Å². The number of amides is 2. The Balaban J connectivity index is 1.56. The van der Waals surface area contributed by atoms with Crippen LogP contribution in [0.15, 0.2) is 36.0 Å². The highest BCUT2D eigenvalue weighted by molar-refractivity contribution is 6.21. The van der Waals surface area contributed by atoms with Gasteiger partial charge in [-0.1, -0.05) is 0 Å². The lowest BCUT2D eigenvalue weighted by molar-refractivity contribution is -0.874.